The zero-order valence-electron chi connectivity index (χ0n) is 16.5. The molecule has 10 nitrogen and oxygen atoms in total. The van der Waals surface area contributed by atoms with Gasteiger partial charge in [0, 0.05) is 44.3 Å². The number of rotatable bonds is 4. The molecule has 0 radical (unpaired) electrons. The van der Waals surface area contributed by atoms with E-state index in [2.05, 4.69) is 25.5 Å². The molecule has 0 saturated carbocycles. The predicted octanol–water partition coefficient (Wildman–Crippen LogP) is 1.76. The van der Waals surface area contributed by atoms with E-state index in [-0.39, 0.29) is 28.6 Å². The largest absolute Gasteiger partial charge is 0.338 e. The van der Waals surface area contributed by atoms with Gasteiger partial charge in [0.15, 0.2) is 11.5 Å². The fourth-order valence-corrected chi connectivity index (χ4v) is 3.37. The molecule has 0 spiro atoms. The molecule has 0 aromatic carbocycles. The van der Waals surface area contributed by atoms with Gasteiger partial charge in [-0.05, 0) is 24.6 Å². The Hall–Kier alpha value is -4.15. The number of pyridine rings is 2. The first-order valence-electron chi connectivity index (χ1n) is 9.61. The van der Waals surface area contributed by atoms with Crippen LogP contribution in [0.5, 0.6) is 0 Å². The molecule has 11 heteroatoms. The van der Waals surface area contributed by atoms with E-state index in [1.165, 1.54) is 21.6 Å². The molecule has 5 heterocycles. The van der Waals surface area contributed by atoms with Crippen molar-refractivity contribution in [3.8, 4) is 11.4 Å². The molecule has 0 atom stereocenters. The average Bonchev–Trinajstić information content (AvgIpc) is 3.30. The molecule has 0 bridgehead atoms. The first-order chi connectivity index (χ1) is 15.0. The molecule has 5 rings (SSSR count). The Morgan fingerprint density at radius 3 is 2.81 bits per heavy atom. The summed E-state index contributed by atoms with van der Waals surface area (Å²) in [7, 11) is 1.61. The minimum Gasteiger partial charge on any atom is -0.338 e. The molecule has 0 aliphatic carbocycles. The van der Waals surface area contributed by atoms with Crippen molar-refractivity contribution < 1.29 is 14.0 Å². The number of fused-ring (bicyclic) bond motifs is 1. The number of aryl methyl sites for hydroxylation is 1. The zero-order valence-corrected chi connectivity index (χ0v) is 16.5. The van der Waals surface area contributed by atoms with Gasteiger partial charge in [0.2, 0.25) is 5.95 Å². The van der Waals surface area contributed by atoms with Crippen LogP contribution >= 0.6 is 0 Å². The number of carbonyl (C=O) groups is 2. The highest BCUT2D eigenvalue weighted by molar-refractivity contribution is 6.11. The molecular formula is C20H17FN8O2. The van der Waals surface area contributed by atoms with E-state index in [9.17, 15) is 14.0 Å². The molecule has 4 aromatic rings. The Morgan fingerprint density at radius 2 is 2.06 bits per heavy atom. The zero-order chi connectivity index (χ0) is 21.5. The Morgan fingerprint density at radius 1 is 1.23 bits per heavy atom. The number of carbonyl (C=O) groups excluding carboxylic acids is 2. The quantitative estimate of drug-likeness (QED) is 0.504. The van der Waals surface area contributed by atoms with Gasteiger partial charge in [0.05, 0.1) is 17.3 Å². The normalized spacial score (nSPS) is 13.3. The maximum atomic E-state index is 13.9. The SMILES string of the molecule is Cn1ncc(C(=O)N2CCC2)c1C(=O)Nc1ccn2nc(-c3cccnc3F)nc2c1. The summed E-state index contributed by atoms with van der Waals surface area (Å²) in [6.45, 7) is 1.36. The molecule has 4 aromatic heterocycles. The lowest BCUT2D eigenvalue weighted by Gasteiger charge is -2.30. The summed E-state index contributed by atoms with van der Waals surface area (Å²) in [5.41, 5.74) is 1.49. The number of nitrogens with one attached hydrogen (secondary N) is 1. The Kier molecular flexibility index (Phi) is 4.42. The lowest BCUT2D eigenvalue weighted by Crippen LogP contribution is -2.42. The van der Waals surface area contributed by atoms with Crippen molar-refractivity contribution in [2.45, 2.75) is 6.42 Å². The van der Waals surface area contributed by atoms with Crippen LogP contribution < -0.4 is 5.32 Å². The third-order valence-corrected chi connectivity index (χ3v) is 5.12. The monoisotopic (exact) mass is 420 g/mol. The maximum Gasteiger partial charge on any atom is 0.274 e. The fourth-order valence-electron chi connectivity index (χ4n) is 3.37. The third kappa shape index (κ3) is 3.29. The molecule has 31 heavy (non-hydrogen) atoms. The molecule has 1 saturated heterocycles. The van der Waals surface area contributed by atoms with E-state index in [1.807, 2.05) is 0 Å². The second-order valence-electron chi connectivity index (χ2n) is 7.13. The van der Waals surface area contributed by atoms with E-state index in [0.29, 0.717) is 24.4 Å². The first-order valence-corrected chi connectivity index (χ1v) is 9.61. The molecule has 0 unspecified atom stereocenters. The van der Waals surface area contributed by atoms with Gasteiger partial charge in [-0.3, -0.25) is 14.3 Å². The van der Waals surface area contributed by atoms with Crippen molar-refractivity contribution in [2.75, 3.05) is 18.4 Å². The van der Waals surface area contributed by atoms with Crippen LogP contribution in [0.25, 0.3) is 17.0 Å². The van der Waals surface area contributed by atoms with Crippen LogP contribution in [0, 0.1) is 5.95 Å². The Bertz CT molecular complexity index is 1320. The van der Waals surface area contributed by atoms with Crippen LogP contribution in [0.3, 0.4) is 0 Å². The van der Waals surface area contributed by atoms with Crippen molar-refractivity contribution in [2.24, 2.45) is 7.05 Å². The molecule has 156 valence electrons. The lowest BCUT2D eigenvalue weighted by molar-refractivity contribution is 0.0648. The van der Waals surface area contributed by atoms with Gasteiger partial charge in [-0.25, -0.2) is 14.5 Å². The average molecular weight is 420 g/mol. The summed E-state index contributed by atoms with van der Waals surface area (Å²) in [6, 6.07) is 6.38. The minimum atomic E-state index is -0.664. The number of halogens is 1. The van der Waals surface area contributed by atoms with Crippen LogP contribution in [0.1, 0.15) is 27.3 Å². The highest BCUT2D eigenvalue weighted by Crippen LogP contribution is 2.21. The maximum absolute atomic E-state index is 13.9. The lowest BCUT2D eigenvalue weighted by atomic mass is 10.1. The van der Waals surface area contributed by atoms with Crippen LogP contribution in [-0.2, 0) is 7.05 Å². The molecule has 1 N–H and O–H groups in total. The standard InChI is InChI=1S/C20H17FN8O2/c1-27-16(14(11-23-27)20(31)28-7-3-8-28)19(30)24-12-5-9-29-15(10-12)25-18(26-29)13-4-2-6-22-17(13)21/h2,4-6,9-11H,3,7-8H2,1H3,(H,24,30). The topological polar surface area (TPSA) is 110 Å². The molecule has 1 fully saturated rings. The van der Waals surface area contributed by atoms with Crippen molar-refractivity contribution in [1.82, 2.24) is 34.3 Å². The summed E-state index contributed by atoms with van der Waals surface area (Å²) < 4.78 is 16.8. The highest BCUT2D eigenvalue weighted by atomic mass is 19.1. The third-order valence-electron chi connectivity index (χ3n) is 5.12. The van der Waals surface area contributed by atoms with E-state index in [1.54, 1.807) is 42.4 Å². The van der Waals surface area contributed by atoms with Crippen LogP contribution in [-0.4, -0.2) is 59.2 Å². The molecule has 1 aliphatic heterocycles. The smallest absolute Gasteiger partial charge is 0.274 e. The van der Waals surface area contributed by atoms with Crippen LogP contribution in [0.4, 0.5) is 10.1 Å². The summed E-state index contributed by atoms with van der Waals surface area (Å²) in [4.78, 5) is 35.1. The van der Waals surface area contributed by atoms with Crippen molar-refractivity contribution in [1.29, 1.82) is 0 Å². The van der Waals surface area contributed by atoms with Gasteiger partial charge >= 0.3 is 0 Å². The van der Waals surface area contributed by atoms with Crippen molar-refractivity contribution in [3.63, 3.8) is 0 Å². The van der Waals surface area contributed by atoms with E-state index in [4.69, 9.17) is 0 Å². The predicted molar refractivity (Wildman–Crippen MR) is 108 cm³/mol. The van der Waals surface area contributed by atoms with Crippen molar-refractivity contribution in [3.05, 3.63) is 60.1 Å². The number of anilines is 1. The highest BCUT2D eigenvalue weighted by Gasteiger charge is 2.28. The number of hydrogen-bond donors (Lipinski definition) is 1. The summed E-state index contributed by atoms with van der Waals surface area (Å²) in [5, 5.41) is 11.1. The van der Waals surface area contributed by atoms with E-state index >= 15 is 0 Å². The number of hydrogen-bond acceptors (Lipinski definition) is 6. The number of amides is 2. The Balaban J connectivity index is 1.42. The minimum absolute atomic E-state index is 0.177. The fraction of sp³-hybridized carbons (Fsp3) is 0.200. The van der Waals surface area contributed by atoms with Crippen LogP contribution in [0.15, 0.2) is 42.9 Å². The van der Waals surface area contributed by atoms with Crippen LogP contribution in [0.2, 0.25) is 0 Å². The molecule has 2 amide bonds. The summed E-state index contributed by atoms with van der Waals surface area (Å²) >= 11 is 0. The van der Waals surface area contributed by atoms with Gasteiger partial charge in [0.1, 0.15) is 5.69 Å². The summed E-state index contributed by atoms with van der Waals surface area (Å²) in [5.74, 6) is -1.16. The number of aromatic nitrogens is 6. The number of nitrogens with zero attached hydrogens (tertiary/aromatic N) is 7. The van der Waals surface area contributed by atoms with E-state index in [0.717, 1.165) is 6.42 Å². The van der Waals surface area contributed by atoms with Gasteiger partial charge in [0.25, 0.3) is 11.8 Å². The van der Waals surface area contributed by atoms with E-state index < -0.39 is 11.9 Å². The first kappa shape index (κ1) is 18.9. The van der Waals surface area contributed by atoms with Crippen molar-refractivity contribution >= 4 is 23.1 Å². The molecular weight excluding hydrogens is 403 g/mol. The second-order valence-corrected chi connectivity index (χ2v) is 7.13. The Labute approximate surface area is 175 Å². The van der Waals surface area contributed by atoms with Gasteiger partial charge in [-0.15, -0.1) is 5.10 Å². The summed E-state index contributed by atoms with van der Waals surface area (Å²) in [6.07, 6.45) is 5.32. The van der Waals surface area contributed by atoms with Gasteiger partial charge in [-0.2, -0.15) is 9.49 Å². The second kappa shape index (κ2) is 7.27. The number of likely N-dealkylation sites (tertiary alicyclic amines) is 1. The van der Waals surface area contributed by atoms with Gasteiger partial charge < -0.3 is 10.2 Å². The van der Waals surface area contributed by atoms with Gasteiger partial charge in [-0.1, -0.05) is 0 Å². The molecule has 1 aliphatic rings.